The van der Waals surface area contributed by atoms with Gasteiger partial charge in [0, 0.05) is 43.6 Å². The van der Waals surface area contributed by atoms with E-state index in [-0.39, 0.29) is 5.69 Å². The molecule has 0 amide bonds. The smallest absolute Gasteiger partial charge is 0.246 e. The lowest BCUT2D eigenvalue weighted by atomic mass is 10.1. The molecule has 3 aromatic rings. The normalized spacial score (nSPS) is 14.6. The third kappa shape index (κ3) is 5.11. The highest BCUT2D eigenvalue weighted by molar-refractivity contribution is 5.62. The summed E-state index contributed by atoms with van der Waals surface area (Å²) in [5.74, 6) is -0.989. The van der Waals surface area contributed by atoms with Crippen molar-refractivity contribution < 1.29 is 13.5 Å². The number of aromatic nitrogens is 3. The summed E-state index contributed by atoms with van der Waals surface area (Å²) in [4.78, 5) is 6.55. The summed E-state index contributed by atoms with van der Waals surface area (Å²) in [7, 11) is 0. The molecule has 0 atom stereocenters. The molecule has 2 N–H and O–H groups in total. The van der Waals surface area contributed by atoms with E-state index in [9.17, 15) is 8.78 Å². The number of benzene rings is 2. The van der Waals surface area contributed by atoms with Gasteiger partial charge in [-0.25, -0.2) is 13.5 Å². The zero-order chi connectivity index (χ0) is 20.9. The van der Waals surface area contributed by atoms with Gasteiger partial charge in [-0.05, 0) is 42.8 Å². The highest BCUT2D eigenvalue weighted by atomic mass is 19.1. The first kappa shape index (κ1) is 20.2. The van der Waals surface area contributed by atoms with E-state index in [4.69, 9.17) is 4.74 Å². The van der Waals surface area contributed by atoms with Crippen molar-refractivity contribution in [2.75, 3.05) is 50.0 Å². The van der Waals surface area contributed by atoms with E-state index < -0.39 is 11.6 Å². The fraction of sp³-hybridized carbons (Fsp3) is 0.333. The molecule has 4 rings (SSSR count). The van der Waals surface area contributed by atoms with E-state index in [0.29, 0.717) is 5.95 Å². The van der Waals surface area contributed by atoms with Gasteiger partial charge in [-0.2, -0.15) is 4.98 Å². The first-order valence-electron chi connectivity index (χ1n) is 9.86. The van der Waals surface area contributed by atoms with Crippen LogP contribution in [0.4, 0.5) is 26.1 Å². The molecule has 0 radical (unpaired) electrons. The van der Waals surface area contributed by atoms with Crippen LogP contribution in [-0.2, 0) is 4.74 Å². The van der Waals surface area contributed by atoms with Gasteiger partial charge in [-0.15, -0.1) is 5.10 Å². The van der Waals surface area contributed by atoms with Crippen molar-refractivity contribution in [2.45, 2.75) is 6.92 Å². The fourth-order valence-corrected chi connectivity index (χ4v) is 3.36. The predicted molar refractivity (Wildman–Crippen MR) is 111 cm³/mol. The van der Waals surface area contributed by atoms with Gasteiger partial charge >= 0.3 is 0 Å². The number of hydrogen-bond donors (Lipinski definition) is 2. The van der Waals surface area contributed by atoms with Gasteiger partial charge in [-0.3, -0.25) is 4.90 Å². The number of morpholine rings is 1. The maximum atomic E-state index is 13.4. The zero-order valence-electron chi connectivity index (χ0n) is 16.7. The van der Waals surface area contributed by atoms with Crippen LogP contribution in [0.3, 0.4) is 0 Å². The Morgan fingerprint density at radius 2 is 1.83 bits per heavy atom. The molecule has 2 heterocycles. The number of anilines is 3. The van der Waals surface area contributed by atoms with Crippen LogP contribution in [0.2, 0.25) is 0 Å². The molecule has 7 nitrogen and oxygen atoms in total. The molecule has 30 heavy (non-hydrogen) atoms. The van der Waals surface area contributed by atoms with Gasteiger partial charge in [0.1, 0.15) is 18.0 Å². The van der Waals surface area contributed by atoms with E-state index in [0.717, 1.165) is 62.4 Å². The molecule has 9 heteroatoms. The Morgan fingerprint density at radius 1 is 1.07 bits per heavy atom. The molecular formula is C21H24F2N6O. The lowest BCUT2D eigenvalue weighted by Gasteiger charge is -2.26. The van der Waals surface area contributed by atoms with Crippen LogP contribution in [0.25, 0.3) is 5.69 Å². The van der Waals surface area contributed by atoms with Crippen LogP contribution < -0.4 is 10.6 Å². The summed E-state index contributed by atoms with van der Waals surface area (Å²) in [5.41, 5.74) is 3.26. The van der Waals surface area contributed by atoms with Crippen LogP contribution in [-0.4, -0.2) is 59.1 Å². The van der Waals surface area contributed by atoms with Crippen LogP contribution in [0, 0.1) is 18.6 Å². The Labute approximate surface area is 173 Å². The number of nitrogens with one attached hydrogen (secondary N) is 2. The van der Waals surface area contributed by atoms with E-state index in [1.807, 2.05) is 25.1 Å². The molecule has 1 saturated heterocycles. The molecule has 158 valence electrons. The second-order valence-electron chi connectivity index (χ2n) is 7.18. The summed E-state index contributed by atoms with van der Waals surface area (Å²) in [6.45, 7) is 7.43. The van der Waals surface area contributed by atoms with Crippen LogP contribution >= 0.6 is 0 Å². The van der Waals surface area contributed by atoms with Crippen molar-refractivity contribution in [3.8, 4) is 5.69 Å². The molecule has 1 aliphatic heterocycles. The number of ether oxygens (including phenoxy) is 1. The quantitative estimate of drug-likeness (QED) is 0.618. The molecule has 1 aromatic heterocycles. The molecule has 0 spiro atoms. The second-order valence-corrected chi connectivity index (χ2v) is 7.18. The Bertz CT molecular complexity index is 983. The average molecular weight is 414 g/mol. The monoisotopic (exact) mass is 414 g/mol. The van der Waals surface area contributed by atoms with Gasteiger partial charge in [0.05, 0.1) is 18.9 Å². The summed E-state index contributed by atoms with van der Waals surface area (Å²) >= 11 is 0. The Morgan fingerprint density at radius 3 is 2.57 bits per heavy atom. The van der Waals surface area contributed by atoms with Crippen molar-refractivity contribution in [3.63, 3.8) is 0 Å². The van der Waals surface area contributed by atoms with Gasteiger partial charge in [-0.1, -0.05) is 0 Å². The lowest BCUT2D eigenvalue weighted by molar-refractivity contribution is 0.0398. The van der Waals surface area contributed by atoms with E-state index in [1.165, 1.54) is 23.1 Å². The largest absolute Gasteiger partial charge is 0.384 e. The molecule has 2 aromatic carbocycles. The van der Waals surface area contributed by atoms with Crippen LogP contribution in [0.15, 0.2) is 42.7 Å². The number of aryl methyl sites for hydroxylation is 1. The van der Waals surface area contributed by atoms with Crippen LogP contribution in [0.5, 0.6) is 0 Å². The standard InChI is InChI=1S/C21H24F2N6O/c1-15-10-18(2-3-20(15)24-4-5-28-6-8-30-9-7-28)26-21-25-14-29(27-21)19-12-16(22)11-17(23)13-19/h2-3,10-14,24H,4-9H2,1H3,(H,26,27). The van der Waals surface area contributed by atoms with Crippen molar-refractivity contribution in [1.82, 2.24) is 19.7 Å². The highest BCUT2D eigenvalue weighted by Gasteiger charge is 2.10. The summed E-state index contributed by atoms with van der Waals surface area (Å²) in [6, 6.07) is 9.16. The van der Waals surface area contributed by atoms with Gasteiger partial charge in [0.15, 0.2) is 0 Å². The van der Waals surface area contributed by atoms with Gasteiger partial charge in [0.2, 0.25) is 5.95 Å². The van der Waals surface area contributed by atoms with Crippen molar-refractivity contribution in [3.05, 3.63) is 59.9 Å². The molecule has 0 saturated carbocycles. The fourth-order valence-electron chi connectivity index (χ4n) is 3.36. The van der Waals surface area contributed by atoms with Crippen molar-refractivity contribution >= 4 is 17.3 Å². The molecule has 1 fully saturated rings. The first-order chi connectivity index (χ1) is 14.6. The third-order valence-corrected chi connectivity index (χ3v) is 4.93. The Balaban J connectivity index is 1.36. The number of halogens is 2. The minimum absolute atomic E-state index is 0.268. The number of nitrogens with zero attached hydrogens (tertiary/aromatic N) is 4. The first-order valence-corrected chi connectivity index (χ1v) is 9.86. The maximum absolute atomic E-state index is 13.4. The topological polar surface area (TPSA) is 67.2 Å². The third-order valence-electron chi connectivity index (χ3n) is 4.93. The van der Waals surface area contributed by atoms with Gasteiger partial charge in [0.25, 0.3) is 0 Å². The molecule has 0 bridgehead atoms. The van der Waals surface area contributed by atoms with E-state index >= 15 is 0 Å². The molecule has 1 aliphatic rings. The van der Waals surface area contributed by atoms with Crippen LogP contribution in [0.1, 0.15) is 5.56 Å². The SMILES string of the molecule is Cc1cc(Nc2ncn(-c3cc(F)cc(F)c3)n2)ccc1NCCN1CCOCC1. The summed E-state index contributed by atoms with van der Waals surface area (Å²) in [5, 5.41) is 10.8. The Kier molecular flexibility index (Phi) is 6.20. The number of hydrogen-bond acceptors (Lipinski definition) is 6. The predicted octanol–water partition coefficient (Wildman–Crippen LogP) is 3.34. The van der Waals surface area contributed by atoms with E-state index in [2.05, 4.69) is 25.6 Å². The minimum Gasteiger partial charge on any atom is -0.384 e. The summed E-state index contributed by atoms with van der Waals surface area (Å²) in [6.07, 6.45) is 1.41. The second kappa shape index (κ2) is 9.19. The van der Waals surface area contributed by atoms with Crippen molar-refractivity contribution in [1.29, 1.82) is 0 Å². The molecule has 0 unspecified atom stereocenters. The summed E-state index contributed by atoms with van der Waals surface area (Å²) < 4.78 is 33.5. The molecular weight excluding hydrogens is 390 g/mol. The van der Waals surface area contributed by atoms with Gasteiger partial charge < -0.3 is 15.4 Å². The van der Waals surface area contributed by atoms with Crippen molar-refractivity contribution in [2.24, 2.45) is 0 Å². The minimum atomic E-state index is -0.664. The van der Waals surface area contributed by atoms with E-state index in [1.54, 1.807) is 0 Å². The Hall–Kier alpha value is -3.04. The highest BCUT2D eigenvalue weighted by Crippen LogP contribution is 2.22. The number of rotatable bonds is 7. The molecule has 0 aliphatic carbocycles. The maximum Gasteiger partial charge on any atom is 0.246 e. The lowest BCUT2D eigenvalue weighted by Crippen LogP contribution is -2.39. The average Bonchev–Trinajstić information content (AvgIpc) is 3.18. The zero-order valence-corrected chi connectivity index (χ0v) is 16.7.